The first-order valence-corrected chi connectivity index (χ1v) is 10.2. The number of amides is 1. The van der Waals surface area contributed by atoms with Crippen LogP contribution in [0.25, 0.3) is 0 Å². The molecule has 0 aliphatic carbocycles. The minimum absolute atomic E-state index is 0.0648. The highest BCUT2D eigenvalue weighted by molar-refractivity contribution is 5.77. The Morgan fingerprint density at radius 3 is 1.93 bits per heavy atom. The number of hydrogen-bond acceptors (Lipinski definition) is 1. The van der Waals surface area contributed by atoms with Crippen molar-refractivity contribution in [3.8, 4) is 0 Å². The van der Waals surface area contributed by atoms with Crippen LogP contribution in [-0.4, -0.2) is 5.91 Å². The third-order valence-electron chi connectivity index (χ3n) is 5.33. The Bertz CT molecular complexity index is 847. The Labute approximate surface area is 168 Å². The van der Waals surface area contributed by atoms with Gasteiger partial charge in [-0.25, -0.2) is 0 Å². The first-order valence-electron chi connectivity index (χ1n) is 10.2. The lowest BCUT2D eigenvalue weighted by molar-refractivity contribution is -0.121. The molecule has 0 heterocycles. The first kappa shape index (κ1) is 19.9. The van der Waals surface area contributed by atoms with Crippen LogP contribution in [0.4, 0.5) is 0 Å². The number of carbonyl (C=O) groups is 1. The molecule has 2 nitrogen and oxygen atoms in total. The molecule has 0 fully saturated rings. The van der Waals surface area contributed by atoms with E-state index in [0.29, 0.717) is 13.0 Å². The molecular weight excluding hydrogens is 342 g/mol. The Kier molecular flexibility index (Phi) is 7.02. The molecule has 1 N–H and O–H groups in total. The van der Waals surface area contributed by atoms with Crippen molar-refractivity contribution >= 4 is 5.91 Å². The standard InChI is InChI=1S/C26H29NO/c1-3-20-15-16-21(4-2)24(17-20)19-27-26(28)18-25(22-11-7-5-8-12-22)23-13-9-6-10-14-23/h5-17,25H,3-4,18-19H2,1-2H3,(H,27,28). The Morgan fingerprint density at radius 2 is 1.39 bits per heavy atom. The summed E-state index contributed by atoms with van der Waals surface area (Å²) >= 11 is 0. The topological polar surface area (TPSA) is 29.1 Å². The lowest BCUT2D eigenvalue weighted by Crippen LogP contribution is -2.25. The zero-order valence-corrected chi connectivity index (χ0v) is 16.8. The van der Waals surface area contributed by atoms with Gasteiger partial charge in [-0.05, 0) is 40.7 Å². The molecule has 0 saturated heterocycles. The maximum Gasteiger partial charge on any atom is 0.221 e. The highest BCUT2D eigenvalue weighted by Gasteiger charge is 2.18. The van der Waals surface area contributed by atoms with Crippen LogP contribution in [0.3, 0.4) is 0 Å². The molecule has 3 aromatic rings. The largest absolute Gasteiger partial charge is 0.352 e. The zero-order valence-electron chi connectivity index (χ0n) is 16.8. The van der Waals surface area contributed by atoms with Crippen LogP contribution in [-0.2, 0) is 24.2 Å². The maximum atomic E-state index is 12.8. The molecule has 0 aromatic heterocycles. The van der Waals surface area contributed by atoms with Crippen LogP contribution in [0.15, 0.2) is 78.9 Å². The van der Waals surface area contributed by atoms with Crippen molar-refractivity contribution in [2.45, 2.75) is 45.6 Å². The van der Waals surface area contributed by atoms with E-state index < -0.39 is 0 Å². The van der Waals surface area contributed by atoms with Gasteiger partial charge in [0.1, 0.15) is 0 Å². The number of rotatable bonds is 8. The van der Waals surface area contributed by atoms with Gasteiger partial charge in [-0.3, -0.25) is 4.79 Å². The van der Waals surface area contributed by atoms with Gasteiger partial charge in [0.2, 0.25) is 5.91 Å². The van der Waals surface area contributed by atoms with Gasteiger partial charge in [-0.1, -0.05) is 92.7 Å². The summed E-state index contributed by atoms with van der Waals surface area (Å²) in [6.07, 6.45) is 2.43. The lowest BCUT2D eigenvalue weighted by Gasteiger charge is -2.18. The van der Waals surface area contributed by atoms with Crippen molar-refractivity contribution in [3.05, 3.63) is 107 Å². The summed E-state index contributed by atoms with van der Waals surface area (Å²) in [4.78, 5) is 12.8. The number of aryl methyl sites for hydroxylation is 2. The van der Waals surface area contributed by atoms with Gasteiger partial charge in [0.05, 0.1) is 0 Å². The third-order valence-corrected chi connectivity index (χ3v) is 5.33. The molecule has 0 atom stereocenters. The van der Waals surface area contributed by atoms with Gasteiger partial charge in [0.15, 0.2) is 0 Å². The molecule has 0 bridgehead atoms. The fraction of sp³-hybridized carbons (Fsp3) is 0.269. The second kappa shape index (κ2) is 9.89. The Hall–Kier alpha value is -2.87. The highest BCUT2D eigenvalue weighted by Crippen LogP contribution is 2.27. The van der Waals surface area contributed by atoms with Crippen molar-refractivity contribution in [1.82, 2.24) is 5.32 Å². The molecule has 144 valence electrons. The predicted molar refractivity (Wildman–Crippen MR) is 116 cm³/mol. The van der Waals surface area contributed by atoms with Gasteiger partial charge >= 0.3 is 0 Å². The molecule has 3 aromatic carbocycles. The van der Waals surface area contributed by atoms with Crippen LogP contribution >= 0.6 is 0 Å². The molecule has 28 heavy (non-hydrogen) atoms. The molecule has 0 aliphatic rings. The Balaban J connectivity index is 1.73. The quantitative estimate of drug-likeness (QED) is 0.545. The number of benzene rings is 3. The normalized spacial score (nSPS) is 10.8. The Morgan fingerprint density at radius 1 is 0.786 bits per heavy atom. The van der Waals surface area contributed by atoms with E-state index >= 15 is 0 Å². The van der Waals surface area contributed by atoms with Gasteiger partial charge in [0, 0.05) is 18.9 Å². The lowest BCUT2D eigenvalue weighted by atomic mass is 9.88. The van der Waals surface area contributed by atoms with E-state index in [0.717, 1.165) is 12.8 Å². The van der Waals surface area contributed by atoms with Crippen LogP contribution in [0.5, 0.6) is 0 Å². The second-order valence-corrected chi connectivity index (χ2v) is 7.16. The fourth-order valence-electron chi connectivity index (χ4n) is 3.66. The molecule has 0 aliphatic heterocycles. The summed E-state index contributed by atoms with van der Waals surface area (Å²) in [7, 11) is 0. The third kappa shape index (κ3) is 5.10. The highest BCUT2D eigenvalue weighted by atomic mass is 16.1. The van der Waals surface area contributed by atoms with E-state index in [4.69, 9.17) is 0 Å². The van der Waals surface area contributed by atoms with Gasteiger partial charge < -0.3 is 5.32 Å². The number of carbonyl (C=O) groups excluding carboxylic acids is 1. The van der Waals surface area contributed by atoms with Crippen LogP contribution in [0.1, 0.15) is 54.0 Å². The number of hydrogen-bond donors (Lipinski definition) is 1. The van der Waals surface area contributed by atoms with E-state index in [1.54, 1.807) is 0 Å². The van der Waals surface area contributed by atoms with Gasteiger partial charge in [-0.2, -0.15) is 0 Å². The zero-order chi connectivity index (χ0) is 19.8. The molecular formula is C26H29NO. The number of nitrogens with one attached hydrogen (secondary N) is 1. The van der Waals surface area contributed by atoms with Crippen molar-refractivity contribution in [2.24, 2.45) is 0 Å². The molecule has 0 spiro atoms. The first-order chi connectivity index (χ1) is 13.7. The van der Waals surface area contributed by atoms with E-state index in [-0.39, 0.29) is 11.8 Å². The van der Waals surface area contributed by atoms with E-state index in [9.17, 15) is 4.79 Å². The summed E-state index contributed by atoms with van der Waals surface area (Å²) in [6.45, 7) is 4.91. The monoisotopic (exact) mass is 371 g/mol. The van der Waals surface area contributed by atoms with Crippen molar-refractivity contribution < 1.29 is 4.79 Å². The van der Waals surface area contributed by atoms with E-state index in [2.05, 4.69) is 61.6 Å². The summed E-state index contributed by atoms with van der Waals surface area (Å²) < 4.78 is 0. The summed E-state index contributed by atoms with van der Waals surface area (Å²) in [5.41, 5.74) is 6.19. The predicted octanol–water partition coefficient (Wildman–Crippen LogP) is 5.65. The van der Waals surface area contributed by atoms with Crippen LogP contribution in [0, 0.1) is 0 Å². The molecule has 1 amide bonds. The average Bonchev–Trinajstić information content (AvgIpc) is 2.77. The second-order valence-electron chi connectivity index (χ2n) is 7.16. The minimum atomic E-state index is 0.0648. The van der Waals surface area contributed by atoms with Crippen molar-refractivity contribution in [3.63, 3.8) is 0 Å². The summed E-state index contributed by atoms with van der Waals surface area (Å²) in [6, 6.07) is 27.2. The van der Waals surface area contributed by atoms with Crippen LogP contribution in [0.2, 0.25) is 0 Å². The van der Waals surface area contributed by atoms with Crippen LogP contribution < -0.4 is 5.32 Å². The summed E-state index contributed by atoms with van der Waals surface area (Å²) in [5.74, 6) is 0.150. The van der Waals surface area contributed by atoms with Gasteiger partial charge in [-0.15, -0.1) is 0 Å². The van der Waals surface area contributed by atoms with E-state index in [1.807, 2.05) is 36.4 Å². The molecule has 0 radical (unpaired) electrons. The maximum absolute atomic E-state index is 12.8. The summed E-state index contributed by atoms with van der Waals surface area (Å²) in [5, 5.41) is 3.16. The average molecular weight is 372 g/mol. The van der Waals surface area contributed by atoms with E-state index in [1.165, 1.54) is 27.8 Å². The van der Waals surface area contributed by atoms with Crippen molar-refractivity contribution in [2.75, 3.05) is 0 Å². The molecule has 0 unspecified atom stereocenters. The van der Waals surface area contributed by atoms with Crippen molar-refractivity contribution in [1.29, 1.82) is 0 Å². The smallest absolute Gasteiger partial charge is 0.221 e. The molecule has 3 rings (SSSR count). The SMILES string of the molecule is CCc1ccc(CC)c(CNC(=O)CC(c2ccccc2)c2ccccc2)c1. The fourth-order valence-corrected chi connectivity index (χ4v) is 3.66. The van der Waals surface area contributed by atoms with Gasteiger partial charge in [0.25, 0.3) is 0 Å². The minimum Gasteiger partial charge on any atom is -0.352 e. The molecule has 2 heteroatoms. The molecule has 0 saturated carbocycles.